The Morgan fingerprint density at radius 1 is 1.29 bits per heavy atom. The molecule has 24 heavy (non-hydrogen) atoms. The van der Waals surface area contributed by atoms with E-state index in [4.69, 9.17) is 5.11 Å². The topological polar surface area (TPSA) is 133 Å². The Morgan fingerprint density at radius 3 is 2.54 bits per heavy atom. The maximum atomic E-state index is 12.1. The Kier molecular flexibility index (Phi) is 7.61. The van der Waals surface area contributed by atoms with E-state index in [0.717, 1.165) is 0 Å². The Hall–Kier alpha value is -1.68. The predicted octanol–water partition coefficient (Wildman–Crippen LogP) is -0.856. The van der Waals surface area contributed by atoms with E-state index < -0.39 is 39.5 Å². The average molecular weight is 363 g/mol. The van der Waals surface area contributed by atoms with E-state index in [9.17, 15) is 22.8 Å². The van der Waals surface area contributed by atoms with Gasteiger partial charge in [0.25, 0.3) is 0 Å². The second-order valence-electron chi connectivity index (χ2n) is 6.13. The first-order chi connectivity index (χ1) is 11.1. The number of carboxylic acids is 1. The second kappa shape index (κ2) is 8.97. The third-order valence-corrected chi connectivity index (χ3v) is 4.94. The van der Waals surface area contributed by atoms with Crippen LogP contribution in [0.1, 0.15) is 33.1 Å². The number of carbonyl (C=O) groups excluding carboxylic acids is 2. The van der Waals surface area contributed by atoms with E-state index in [1.807, 2.05) is 0 Å². The average Bonchev–Trinajstić information content (AvgIpc) is 2.50. The van der Waals surface area contributed by atoms with Crippen LogP contribution in [0.4, 0.5) is 0 Å². The molecule has 1 fully saturated rings. The quantitative estimate of drug-likeness (QED) is 0.514. The number of rotatable bonds is 8. The molecule has 0 aromatic carbocycles. The second-order valence-corrected chi connectivity index (χ2v) is 8.06. The molecule has 0 radical (unpaired) electrons. The fraction of sp³-hybridized carbons (Fsp3) is 0.786. The number of hydrogen-bond acceptors (Lipinski definition) is 5. The van der Waals surface area contributed by atoms with Crippen molar-refractivity contribution in [1.29, 1.82) is 0 Å². The lowest BCUT2D eigenvalue weighted by atomic mass is 9.98. The van der Waals surface area contributed by atoms with Crippen molar-refractivity contribution < 1.29 is 27.9 Å². The SMILES string of the molecule is CC(C)NC(=O)CNS(=O)(=O)CCC(=O)N1CCCC(C(=O)O)C1. The summed E-state index contributed by atoms with van der Waals surface area (Å²) in [5.41, 5.74) is 0. The van der Waals surface area contributed by atoms with E-state index >= 15 is 0 Å². The zero-order valence-corrected chi connectivity index (χ0v) is 14.8. The molecule has 1 heterocycles. The Labute approximate surface area is 141 Å². The van der Waals surface area contributed by atoms with Gasteiger partial charge in [0.2, 0.25) is 21.8 Å². The van der Waals surface area contributed by atoms with E-state index in [-0.39, 0.29) is 25.6 Å². The zero-order valence-electron chi connectivity index (χ0n) is 13.9. The summed E-state index contributed by atoms with van der Waals surface area (Å²) < 4.78 is 25.8. The molecule has 0 aromatic rings. The number of sulfonamides is 1. The largest absolute Gasteiger partial charge is 0.481 e. The van der Waals surface area contributed by atoms with Gasteiger partial charge in [-0.1, -0.05) is 0 Å². The number of nitrogens with one attached hydrogen (secondary N) is 2. The highest BCUT2D eigenvalue weighted by atomic mass is 32.2. The molecule has 3 N–H and O–H groups in total. The number of likely N-dealkylation sites (tertiary alicyclic amines) is 1. The minimum atomic E-state index is -3.75. The van der Waals surface area contributed by atoms with Crippen LogP contribution in [-0.2, 0) is 24.4 Å². The minimum Gasteiger partial charge on any atom is -0.481 e. The van der Waals surface area contributed by atoms with E-state index in [1.165, 1.54) is 4.90 Å². The molecule has 1 atom stereocenters. The Balaban J connectivity index is 2.42. The van der Waals surface area contributed by atoms with Crippen LogP contribution in [0.25, 0.3) is 0 Å². The lowest BCUT2D eigenvalue weighted by molar-refractivity contribution is -0.145. The molecular weight excluding hydrogens is 338 g/mol. The molecule has 0 bridgehead atoms. The lowest BCUT2D eigenvalue weighted by Gasteiger charge is -2.30. The number of carbonyl (C=O) groups is 3. The van der Waals surface area contributed by atoms with Crippen molar-refractivity contribution in [1.82, 2.24) is 14.9 Å². The molecule has 10 heteroatoms. The molecule has 1 aliphatic rings. The van der Waals surface area contributed by atoms with Gasteiger partial charge in [0.05, 0.1) is 18.2 Å². The van der Waals surface area contributed by atoms with Gasteiger partial charge in [0, 0.05) is 25.6 Å². The molecule has 2 amide bonds. The molecule has 0 aromatic heterocycles. The number of amides is 2. The number of nitrogens with zero attached hydrogens (tertiary/aromatic N) is 1. The van der Waals surface area contributed by atoms with Crippen LogP contribution in [0.3, 0.4) is 0 Å². The first kappa shape index (κ1) is 20.4. The molecule has 1 unspecified atom stereocenters. The lowest BCUT2D eigenvalue weighted by Crippen LogP contribution is -2.44. The highest BCUT2D eigenvalue weighted by molar-refractivity contribution is 7.89. The van der Waals surface area contributed by atoms with Gasteiger partial charge in [-0.05, 0) is 26.7 Å². The predicted molar refractivity (Wildman–Crippen MR) is 86.6 cm³/mol. The minimum absolute atomic E-state index is 0.0927. The summed E-state index contributed by atoms with van der Waals surface area (Å²) in [7, 11) is -3.75. The maximum absolute atomic E-state index is 12.1. The van der Waals surface area contributed by atoms with E-state index in [1.54, 1.807) is 13.8 Å². The van der Waals surface area contributed by atoms with E-state index in [0.29, 0.717) is 19.4 Å². The van der Waals surface area contributed by atoms with Crippen molar-refractivity contribution in [2.45, 2.75) is 39.2 Å². The van der Waals surface area contributed by atoms with Gasteiger partial charge >= 0.3 is 5.97 Å². The van der Waals surface area contributed by atoms with Crippen LogP contribution in [0.5, 0.6) is 0 Å². The van der Waals surface area contributed by atoms with E-state index in [2.05, 4.69) is 10.0 Å². The summed E-state index contributed by atoms with van der Waals surface area (Å²) in [6, 6.07) is -0.0927. The van der Waals surface area contributed by atoms with Crippen molar-refractivity contribution in [3.05, 3.63) is 0 Å². The summed E-state index contributed by atoms with van der Waals surface area (Å²) in [6.07, 6.45) is 0.862. The first-order valence-electron chi connectivity index (χ1n) is 7.88. The highest BCUT2D eigenvalue weighted by Crippen LogP contribution is 2.17. The fourth-order valence-electron chi connectivity index (χ4n) is 2.41. The fourth-order valence-corrected chi connectivity index (χ4v) is 3.34. The van der Waals surface area contributed by atoms with Gasteiger partial charge in [-0.3, -0.25) is 14.4 Å². The number of aliphatic carboxylic acids is 1. The van der Waals surface area contributed by atoms with Crippen molar-refractivity contribution >= 4 is 27.8 Å². The Bertz CT molecular complexity index is 575. The molecule has 1 aliphatic heterocycles. The molecule has 138 valence electrons. The van der Waals surface area contributed by atoms with Gasteiger partial charge in [0.1, 0.15) is 0 Å². The van der Waals surface area contributed by atoms with Crippen molar-refractivity contribution in [3.63, 3.8) is 0 Å². The van der Waals surface area contributed by atoms with Crippen LogP contribution in [0.2, 0.25) is 0 Å². The molecule has 0 aliphatic carbocycles. The summed E-state index contributed by atoms with van der Waals surface area (Å²) >= 11 is 0. The summed E-state index contributed by atoms with van der Waals surface area (Å²) in [5, 5.41) is 11.6. The normalized spacial score (nSPS) is 18.5. The summed E-state index contributed by atoms with van der Waals surface area (Å²) in [4.78, 5) is 35.9. The van der Waals surface area contributed by atoms with Gasteiger partial charge in [-0.2, -0.15) is 0 Å². The van der Waals surface area contributed by atoms with Gasteiger partial charge in [-0.15, -0.1) is 0 Å². The third-order valence-electron chi connectivity index (χ3n) is 3.61. The zero-order chi connectivity index (χ0) is 18.3. The van der Waals surface area contributed by atoms with Crippen LogP contribution < -0.4 is 10.0 Å². The van der Waals surface area contributed by atoms with Crippen LogP contribution in [0.15, 0.2) is 0 Å². The molecule has 0 spiro atoms. The summed E-state index contributed by atoms with van der Waals surface area (Å²) in [5.74, 6) is -2.82. The summed E-state index contributed by atoms with van der Waals surface area (Å²) in [6.45, 7) is 3.69. The van der Waals surface area contributed by atoms with Gasteiger partial charge in [0.15, 0.2) is 0 Å². The Morgan fingerprint density at radius 2 is 1.96 bits per heavy atom. The van der Waals surface area contributed by atoms with Crippen molar-refractivity contribution in [2.24, 2.45) is 5.92 Å². The monoisotopic (exact) mass is 363 g/mol. The molecule has 1 saturated heterocycles. The number of hydrogen-bond donors (Lipinski definition) is 3. The maximum Gasteiger partial charge on any atom is 0.308 e. The van der Waals surface area contributed by atoms with Crippen molar-refractivity contribution in [2.75, 3.05) is 25.4 Å². The van der Waals surface area contributed by atoms with Crippen LogP contribution in [0, 0.1) is 5.92 Å². The molecular formula is C14H25N3O6S. The first-order valence-corrected chi connectivity index (χ1v) is 9.53. The smallest absolute Gasteiger partial charge is 0.308 e. The molecule has 1 rings (SSSR count). The van der Waals surface area contributed by atoms with Crippen molar-refractivity contribution in [3.8, 4) is 0 Å². The van der Waals surface area contributed by atoms with Crippen LogP contribution in [-0.4, -0.2) is 67.6 Å². The number of piperidine rings is 1. The van der Waals surface area contributed by atoms with Gasteiger partial charge in [-0.25, -0.2) is 13.1 Å². The molecule has 0 saturated carbocycles. The molecule has 9 nitrogen and oxygen atoms in total. The highest BCUT2D eigenvalue weighted by Gasteiger charge is 2.28. The third kappa shape index (κ3) is 7.26. The van der Waals surface area contributed by atoms with Crippen LogP contribution >= 0.6 is 0 Å². The van der Waals surface area contributed by atoms with Gasteiger partial charge < -0.3 is 15.3 Å². The number of carboxylic acid groups (broad SMARTS) is 1. The standard InChI is InChI=1S/C14H25N3O6S/c1-10(2)16-12(18)8-15-24(22,23)7-5-13(19)17-6-3-4-11(9-17)14(20)21/h10-11,15H,3-9H2,1-2H3,(H,16,18)(H,20,21).